The first kappa shape index (κ1) is 20.7. The van der Waals surface area contributed by atoms with Crippen LogP contribution in [-0.2, 0) is 6.42 Å². The van der Waals surface area contributed by atoms with Gasteiger partial charge >= 0.3 is 0 Å². The van der Waals surface area contributed by atoms with Crippen molar-refractivity contribution in [2.75, 3.05) is 31.1 Å². The molecule has 5 rings (SSSR count). The summed E-state index contributed by atoms with van der Waals surface area (Å²) in [5.41, 5.74) is 5.50. The first-order chi connectivity index (χ1) is 15.3. The number of nitrogens with zero attached hydrogens (tertiary/aromatic N) is 2. The average molecular weight is 434 g/mol. The van der Waals surface area contributed by atoms with Gasteiger partial charge in [0.15, 0.2) is 0 Å². The van der Waals surface area contributed by atoms with Crippen LogP contribution < -0.4 is 4.90 Å². The Labute approximate surface area is 190 Å². The number of aromatic nitrogens is 1. The van der Waals surface area contributed by atoms with Gasteiger partial charge in [0.1, 0.15) is 0 Å². The first-order valence-corrected chi connectivity index (χ1v) is 12.2. The molecule has 31 heavy (non-hydrogen) atoms. The SMILES string of the molecule is Clc1ccc2[nH]cc(C3CCN(CCCCCN4C=CCc5ccccc54)CC3)c2c1. The van der Waals surface area contributed by atoms with Crippen molar-refractivity contribution in [1.29, 1.82) is 0 Å². The van der Waals surface area contributed by atoms with Crippen molar-refractivity contribution < 1.29 is 0 Å². The van der Waals surface area contributed by atoms with E-state index in [1.165, 1.54) is 79.5 Å². The Kier molecular flexibility index (Phi) is 6.33. The van der Waals surface area contributed by atoms with Crippen molar-refractivity contribution in [3.05, 3.63) is 77.1 Å². The van der Waals surface area contributed by atoms with Crippen molar-refractivity contribution in [3.63, 3.8) is 0 Å². The van der Waals surface area contributed by atoms with Crippen molar-refractivity contribution >= 4 is 28.2 Å². The molecule has 0 saturated carbocycles. The van der Waals surface area contributed by atoms with Gasteiger partial charge in [-0.05, 0) is 93.0 Å². The number of fused-ring (bicyclic) bond motifs is 2. The van der Waals surface area contributed by atoms with E-state index in [2.05, 4.69) is 69.7 Å². The highest BCUT2D eigenvalue weighted by atomic mass is 35.5. The van der Waals surface area contributed by atoms with Gasteiger partial charge in [0.2, 0.25) is 0 Å². The molecule has 0 aliphatic carbocycles. The van der Waals surface area contributed by atoms with E-state index in [1.807, 2.05) is 6.07 Å². The van der Waals surface area contributed by atoms with Crippen molar-refractivity contribution in [1.82, 2.24) is 9.88 Å². The number of piperidine rings is 1. The number of hydrogen-bond donors (Lipinski definition) is 1. The van der Waals surface area contributed by atoms with Gasteiger partial charge in [0.05, 0.1) is 0 Å². The number of nitrogens with one attached hydrogen (secondary N) is 1. The van der Waals surface area contributed by atoms with Crippen molar-refractivity contribution in [3.8, 4) is 0 Å². The second-order valence-electron chi connectivity index (χ2n) is 9.02. The van der Waals surface area contributed by atoms with E-state index in [9.17, 15) is 0 Å². The summed E-state index contributed by atoms with van der Waals surface area (Å²) in [6, 6.07) is 15.0. The summed E-state index contributed by atoms with van der Waals surface area (Å²) >= 11 is 6.24. The Morgan fingerprint density at radius 2 is 1.81 bits per heavy atom. The third-order valence-electron chi connectivity index (χ3n) is 7.00. The molecule has 2 aromatic carbocycles. The molecule has 3 aromatic rings. The molecular formula is C27H32ClN3. The van der Waals surface area contributed by atoms with Gasteiger partial charge in [-0.1, -0.05) is 42.3 Å². The Morgan fingerprint density at radius 3 is 2.71 bits per heavy atom. The number of benzene rings is 2. The zero-order chi connectivity index (χ0) is 21.0. The van der Waals surface area contributed by atoms with Crippen LogP contribution in [0, 0.1) is 0 Å². The second kappa shape index (κ2) is 9.50. The molecule has 3 nitrogen and oxygen atoms in total. The van der Waals surface area contributed by atoms with Crippen molar-refractivity contribution in [2.24, 2.45) is 0 Å². The molecule has 0 spiro atoms. The van der Waals surface area contributed by atoms with Crippen LogP contribution in [0.1, 0.15) is 49.1 Å². The molecule has 3 heterocycles. The number of para-hydroxylation sites is 1. The fourth-order valence-electron chi connectivity index (χ4n) is 5.26. The summed E-state index contributed by atoms with van der Waals surface area (Å²) in [5.74, 6) is 0.648. The van der Waals surface area contributed by atoms with Crippen LogP contribution in [0.4, 0.5) is 5.69 Å². The number of H-pyrrole nitrogens is 1. The van der Waals surface area contributed by atoms with Crippen molar-refractivity contribution in [2.45, 2.75) is 44.4 Å². The monoisotopic (exact) mass is 433 g/mol. The van der Waals surface area contributed by atoms with E-state index < -0.39 is 0 Å². The lowest BCUT2D eigenvalue weighted by Crippen LogP contribution is -2.33. The number of aromatic amines is 1. The molecule has 162 valence electrons. The molecular weight excluding hydrogens is 402 g/mol. The highest BCUT2D eigenvalue weighted by molar-refractivity contribution is 6.31. The Bertz CT molecular complexity index is 1050. The third kappa shape index (κ3) is 4.68. The summed E-state index contributed by atoms with van der Waals surface area (Å²) in [6.07, 6.45) is 14.2. The minimum absolute atomic E-state index is 0.648. The van der Waals surface area contributed by atoms with Gasteiger partial charge in [0.25, 0.3) is 0 Å². The van der Waals surface area contributed by atoms with E-state index in [4.69, 9.17) is 11.6 Å². The minimum atomic E-state index is 0.648. The van der Waals surface area contributed by atoms with Crippen LogP contribution in [0.5, 0.6) is 0 Å². The van der Waals surface area contributed by atoms with Gasteiger partial charge in [-0.15, -0.1) is 0 Å². The molecule has 1 N–H and O–H groups in total. The third-order valence-corrected chi connectivity index (χ3v) is 7.24. The lowest BCUT2D eigenvalue weighted by Gasteiger charge is -2.32. The van der Waals surface area contributed by atoms with E-state index in [0.29, 0.717) is 5.92 Å². The molecule has 0 unspecified atom stereocenters. The molecule has 0 radical (unpaired) electrons. The fraction of sp³-hybridized carbons (Fsp3) is 0.407. The molecule has 4 heteroatoms. The van der Waals surface area contributed by atoms with E-state index >= 15 is 0 Å². The largest absolute Gasteiger partial charge is 0.361 e. The predicted octanol–water partition coefficient (Wildman–Crippen LogP) is 6.75. The van der Waals surface area contributed by atoms with Gasteiger partial charge in [-0.25, -0.2) is 0 Å². The van der Waals surface area contributed by atoms with Gasteiger partial charge in [-0.3, -0.25) is 0 Å². The maximum atomic E-state index is 6.24. The topological polar surface area (TPSA) is 22.3 Å². The molecule has 2 aliphatic heterocycles. The van der Waals surface area contributed by atoms with Crippen LogP contribution >= 0.6 is 11.6 Å². The zero-order valence-corrected chi connectivity index (χ0v) is 19.0. The minimum Gasteiger partial charge on any atom is -0.361 e. The Morgan fingerprint density at radius 1 is 0.968 bits per heavy atom. The van der Waals surface area contributed by atoms with Crippen LogP contribution in [-0.4, -0.2) is 36.1 Å². The molecule has 2 aliphatic rings. The molecule has 1 aromatic heterocycles. The number of rotatable bonds is 7. The Hall–Kier alpha value is -2.23. The van der Waals surface area contributed by atoms with E-state index in [0.717, 1.165) is 18.0 Å². The standard InChI is InChI=1S/C27H32ClN3/c28-23-10-11-26-24(19-23)25(20-29-26)21-12-17-30(18-13-21)14-4-1-5-15-31-16-6-8-22-7-2-3-9-27(22)31/h2-3,6-7,9-11,16,19-21,29H,1,4-5,8,12-15,17-18H2. The summed E-state index contributed by atoms with van der Waals surface area (Å²) in [7, 11) is 0. The fourth-order valence-corrected chi connectivity index (χ4v) is 5.43. The number of likely N-dealkylation sites (tertiary alicyclic amines) is 1. The number of anilines is 1. The zero-order valence-electron chi connectivity index (χ0n) is 18.2. The number of halogens is 1. The van der Waals surface area contributed by atoms with Gasteiger partial charge < -0.3 is 14.8 Å². The quantitative estimate of drug-likeness (QED) is 0.416. The number of hydrogen-bond acceptors (Lipinski definition) is 2. The molecule has 1 saturated heterocycles. The van der Waals surface area contributed by atoms with E-state index in [1.54, 1.807) is 0 Å². The lowest BCUT2D eigenvalue weighted by atomic mass is 9.89. The average Bonchev–Trinajstić information content (AvgIpc) is 3.22. The Balaban J connectivity index is 1.05. The summed E-state index contributed by atoms with van der Waals surface area (Å²) < 4.78 is 0. The van der Waals surface area contributed by atoms with Crippen LogP contribution in [0.25, 0.3) is 10.9 Å². The van der Waals surface area contributed by atoms with E-state index in [-0.39, 0.29) is 0 Å². The molecule has 1 fully saturated rings. The summed E-state index contributed by atoms with van der Waals surface area (Å²) in [6.45, 7) is 4.78. The van der Waals surface area contributed by atoms with Gasteiger partial charge in [-0.2, -0.15) is 0 Å². The smallest absolute Gasteiger partial charge is 0.0457 e. The highest BCUT2D eigenvalue weighted by Crippen LogP contribution is 2.34. The molecule has 0 amide bonds. The maximum Gasteiger partial charge on any atom is 0.0457 e. The normalized spacial score (nSPS) is 17.4. The summed E-state index contributed by atoms with van der Waals surface area (Å²) in [4.78, 5) is 8.51. The van der Waals surface area contributed by atoms with Crippen LogP contribution in [0.15, 0.2) is 60.9 Å². The van der Waals surface area contributed by atoms with Gasteiger partial charge in [0, 0.05) is 40.6 Å². The second-order valence-corrected chi connectivity index (χ2v) is 9.46. The maximum absolute atomic E-state index is 6.24. The molecule has 0 bridgehead atoms. The lowest BCUT2D eigenvalue weighted by molar-refractivity contribution is 0.209. The number of unbranched alkanes of at least 4 members (excludes halogenated alkanes) is 2. The number of allylic oxidation sites excluding steroid dienone is 1. The van der Waals surface area contributed by atoms with Crippen LogP contribution in [0.3, 0.4) is 0 Å². The van der Waals surface area contributed by atoms with Crippen LogP contribution in [0.2, 0.25) is 5.02 Å². The highest BCUT2D eigenvalue weighted by Gasteiger charge is 2.22. The molecule has 0 atom stereocenters. The summed E-state index contributed by atoms with van der Waals surface area (Å²) in [5, 5.41) is 2.13. The first-order valence-electron chi connectivity index (χ1n) is 11.8. The predicted molar refractivity (Wildman–Crippen MR) is 132 cm³/mol.